The highest BCUT2D eigenvalue weighted by molar-refractivity contribution is 9.10. The van der Waals surface area contributed by atoms with Gasteiger partial charge in [-0.15, -0.1) is 16.4 Å². The second kappa shape index (κ2) is 4.52. The zero-order chi connectivity index (χ0) is 9.80. The van der Waals surface area contributed by atoms with Crippen molar-refractivity contribution < 1.29 is 0 Å². The summed E-state index contributed by atoms with van der Waals surface area (Å²) in [6.07, 6.45) is 1.66. The van der Waals surface area contributed by atoms with Crippen LogP contribution in [0.2, 0.25) is 0 Å². The van der Waals surface area contributed by atoms with Crippen molar-refractivity contribution in [3.8, 4) is 0 Å². The summed E-state index contributed by atoms with van der Waals surface area (Å²) >= 11 is 5.12. The number of thiophene rings is 1. The summed E-state index contributed by atoms with van der Waals surface area (Å²) < 4.78 is 1.12. The molecule has 0 aromatic carbocycles. The van der Waals surface area contributed by atoms with Gasteiger partial charge in [0.1, 0.15) is 5.82 Å². The molecule has 0 aliphatic heterocycles. The van der Waals surface area contributed by atoms with E-state index in [1.54, 1.807) is 17.5 Å². The van der Waals surface area contributed by atoms with E-state index in [0.29, 0.717) is 0 Å². The van der Waals surface area contributed by atoms with Crippen molar-refractivity contribution in [2.24, 2.45) is 0 Å². The van der Waals surface area contributed by atoms with Crippen LogP contribution in [0.4, 0.5) is 5.82 Å². The first kappa shape index (κ1) is 9.61. The van der Waals surface area contributed by atoms with Gasteiger partial charge in [0, 0.05) is 20.9 Å². The van der Waals surface area contributed by atoms with Crippen molar-refractivity contribution in [2.75, 3.05) is 5.32 Å². The van der Waals surface area contributed by atoms with Crippen LogP contribution in [0.3, 0.4) is 0 Å². The van der Waals surface area contributed by atoms with Crippen molar-refractivity contribution >= 4 is 33.1 Å². The highest BCUT2D eigenvalue weighted by atomic mass is 79.9. The minimum Gasteiger partial charge on any atom is -0.364 e. The van der Waals surface area contributed by atoms with Gasteiger partial charge in [0.25, 0.3) is 0 Å². The lowest BCUT2D eigenvalue weighted by Gasteiger charge is -2.00. The molecule has 0 spiro atoms. The number of halogens is 1. The molecular formula is C9H8BrN3S. The summed E-state index contributed by atoms with van der Waals surface area (Å²) in [5.41, 5.74) is 0. The van der Waals surface area contributed by atoms with Gasteiger partial charge in [-0.1, -0.05) is 0 Å². The van der Waals surface area contributed by atoms with Gasteiger partial charge >= 0.3 is 0 Å². The summed E-state index contributed by atoms with van der Waals surface area (Å²) in [5.74, 6) is 0.803. The normalized spacial score (nSPS) is 10.1. The first-order valence-corrected chi connectivity index (χ1v) is 5.76. The molecule has 5 heteroatoms. The number of rotatable bonds is 3. The van der Waals surface area contributed by atoms with E-state index >= 15 is 0 Å². The Morgan fingerprint density at radius 3 is 3.07 bits per heavy atom. The van der Waals surface area contributed by atoms with Crippen molar-refractivity contribution in [1.29, 1.82) is 0 Å². The Morgan fingerprint density at radius 1 is 1.50 bits per heavy atom. The van der Waals surface area contributed by atoms with Crippen molar-refractivity contribution in [3.63, 3.8) is 0 Å². The second-order valence-electron chi connectivity index (χ2n) is 2.69. The largest absolute Gasteiger partial charge is 0.364 e. The number of anilines is 1. The Bertz CT molecular complexity index is 401. The first-order valence-electron chi connectivity index (χ1n) is 4.09. The minimum atomic E-state index is 0.787. The smallest absolute Gasteiger partial charge is 0.148 e. The van der Waals surface area contributed by atoms with Crippen LogP contribution >= 0.6 is 27.3 Å². The quantitative estimate of drug-likeness (QED) is 0.931. The Kier molecular flexibility index (Phi) is 3.10. The fourth-order valence-electron chi connectivity index (χ4n) is 1.02. The molecule has 0 atom stereocenters. The topological polar surface area (TPSA) is 37.8 Å². The van der Waals surface area contributed by atoms with Gasteiger partial charge in [-0.3, -0.25) is 0 Å². The van der Waals surface area contributed by atoms with E-state index in [0.717, 1.165) is 16.8 Å². The van der Waals surface area contributed by atoms with Gasteiger partial charge in [-0.25, -0.2) is 0 Å². The lowest BCUT2D eigenvalue weighted by atomic mass is 10.4. The first-order chi connectivity index (χ1) is 6.84. The lowest BCUT2D eigenvalue weighted by Crippen LogP contribution is -1.99. The second-order valence-corrected chi connectivity index (χ2v) is 4.61. The van der Waals surface area contributed by atoms with Crippen LogP contribution in [-0.4, -0.2) is 10.2 Å². The van der Waals surface area contributed by atoms with Crippen LogP contribution in [0, 0.1) is 0 Å². The van der Waals surface area contributed by atoms with E-state index in [1.807, 2.05) is 12.1 Å². The molecule has 1 N–H and O–H groups in total. The Hall–Kier alpha value is -0.940. The van der Waals surface area contributed by atoms with Crippen molar-refractivity contribution in [2.45, 2.75) is 6.54 Å². The zero-order valence-electron chi connectivity index (χ0n) is 7.27. The molecule has 0 amide bonds. The molecule has 0 saturated heterocycles. The summed E-state index contributed by atoms with van der Waals surface area (Å²) in [4.78, 5) is 1.27. The van der Waals surface area contributed by atoms with Gasteiger partial charge in [0.2, 0.25) is 0 Å². The van der Waals surface area contributed by atoms with Crippen LogP contribution in [0.15, 0.2) is 34.2 Å². The molecule has 0 fully saturated rings. The lowest BCUT2D eigenvalue weighted by molar-refractivity contribution is 1.01. The molecule has 0 aliphatic carbocycles. The predicted octanol–water partition coefficient (Wildman–Crippen LogP) is 2.91. The number of nitrogens with one attached hydrogen (secondary N) is 1. The number of hydrogen-bond donors (Lipinski definition) is 1. The van der Waals surface area contributed by atoms with Crippen molar-refractivity contribution in [3.05, 3.63) is 39.1 Å². The van der Waals surface area contributed by atoms with Gasteiger partial charge in [0.15, 0.2) is 0 Å². The maximum absolute atomic E-state index is 3.93. The van der Waals surface area contributed by atoms with Crippen LogP contribution in [0.5, 0.6) is 0 Å². The van der Waals surface area contributed by atoms with Crippen LogP contribution in [-0.2, 0) is 6.54 Å². The maximum Gasteiger partial charge on any atom is 0.148 e. The van der Waals surface area contributed by atoms with Crippen LogP contribution in [0.1, 0.15) is 4.88 Å². The minimum absolute atomic E-state index is 0.787. The third kappa shape index (κ3) is 2.52. The fraction of sp³-hybridized carbons (Fsp3) is 0.111. The molecule has 14 heavy (non-hydrogen) atoms. The SMILES string of the molecule is Brc1csc(CNc2cccnn2)c1. The number of hydrogen-bond acceptors (Lipinski definition) is 4. The summed E-state index contributed by atoms with van der Waals surface area (Å²) in [6, 6.07) is 5.85. The van der Waals surface area contributed by atoms with E-state index in [9.17, 15) is 0 Å². The standard InChI is InChI=1S/C9H8BrN3S/c10-7-4-8(14-6-7)5-11-9-2-1-3-12-13-9/h1-4,6H,5H2,(H,11,13). The molecule has 3 nitrogen and oxygen atoms in total. The van der Waals surface area contributed by atoms with Crippen LogP contribution < -0.4 is 5.32 Å². The molecule has 2 aromatic heterocycles. The van der Waals surface area contributed by atoms with E-state index in [4.69, 9.17) is 0 Å². The molecule has 0 unspecified atom stereocenters. The number of nitrogens with zero attached hydrogens (tertiary/aromatic N) is 2. The molecule has 2 rings (SSSR count). The highest BCUT2D eigenvalue weighted by Gasteiger charge is 1.97. The molecule has 2 heterocycles. The van der Waals surface area contributed by atoms with Crippen LogP contribution in [0.25, 0.3) is 0 Å². The van der Waals surface area contributed by atoms with Gasteiger partial charge < -0.3 is 5.32 Å². The molecule has 2 aromatic rings. The predicted molar refractivity (Wildman–Crippen MR) is 61.4 cm³/mol. The zero-order valence-corrected chi connectivity index (χ0v) is 9.68. The number of aromatic nitrogens is 2. The van der Waals surface area contributed by atoms with Crippen molar-refractivity contribution in [1.82, 2.24) is 10.2 Å². The Balaban J connectivity index is 1.95. The monoisotopic (exact) mass is 269 g/mol. The molecule has 0 radical (unpaired) electrons. The maximum atomic E-state index is 3.93. The molecule has 72 valence electrons. The fourth-order valence-corrected chi connectivity index (χ4v) is 2.41. The summed E-state index contributed by atoms with van der Waals surface area (Å²) in [5, 5.41) is 13.0. The van der Waals surface area contributed by atoms with E-state index in [-0.39, 0.29) is 0 Å². The van der Waals surface area contributed by atoms with Gasteiger partial charge in [0.05, 0.1) is 6.54 Å². The average molecular weight is 270 g/mol. The van der Waals surface area contributed by atoms with E-state index < -0.39 is 0 Å². The summed E-state index contributed by atoms with van der Waals surface area (Å²) in [6.45, 7) is 0.787. The van der Waals surface area contributed by atoms with Gasteiger partial charge in [-0.2, -0.15) is 5.10 Å². The molecular weight excluding hydrogens is 262 g/mol. The highest BCUT2D eigenvalue weighted by Crippen LogP contribution is 2.20. The molecule has 0 aliphatic rings. The molecule has 0 saturated carbocycles. The van der Waals surface area contributed by atoms with Gasteiger partial charge in [-0.05, 0) is 34.1 Å². The van der Waals surface area contributed by atoms with E-state index in [2.05, 4.69) is 42.9 Å². The summed E-state index contributed by atoms with van der Waals surface area (Å²) in [7, 11) is 0. The third-order valence-electron chi connectivity index (χ3n) is 1.64. The Labute approximate surface area is 94.3 Å². The Morgan fingerprint density at radius 2 is 2.43 bits per heavy atom. The molecule has 0 bridgehead atoms. The third-order valence-corrected chi connectivity index (χ3v) is 3.34. The van der Waals surface area contributed by atoms with E-state index in [1.165, 1.54) is 4.88 Å². The average Bonchev–Trinajstić information content (AvgIpc) is 2.63.